The third-order valence-electron chi connectivity index (χ3n) is 2.53. The molecule has 1 aromatic carbocycles. The number of methoxy groups -OCH3 is 1. The average molecular weight is 239 g/mol. The van der Waals surface area contributed by atoms with Crippen LogP contribution in [0.4, 0.5) is 0 Å². The summed E-state index contributed by atoms with van der Waals surface area (Å²) in [5.74, 6) is 0. The van der Waals surface area contributed by atoms with Gasteiger partial charge in [0.25, 0.3) is 0 Å². The van der Waals surface area contributed by atoms with E-state index in [4.69, 9.17) is 10.5 Å². The molecule has 4 nitrogen and oxygen atoms in total. The summed E-state index contributed by atoms with van der Waals surface area (Å²) in [7, 11) is -1.77. The Morgan fingerprint density at radius 3 is 2.75 bits per heavy atom. The van der Waals surface area contributed by atoms with Crippen molar-refractivity contribution < 1.29 is 13.2 Å². The van der Waals surface area contributed by atoms with Gasteiger partial charge in [0.15, 0.2) is 0 Å². The Bertz CT molecular complexity index is 546. The molecule has 0 aromatic heterocycles. The highest BCUT2D eigenvalue weighted by Gasteiger charge is 2.26. The lowest BCUT2D eigenvalue weighted by molar-refractivity contribution is 0.240. The van der Waals surface area contributed by atoms with Crippen LogP contribution in [0.1, 0.15) is 11.1 Å². The molecule has 1 aromatic rings. The summed E-state index contributed by atoms with van der Waals surface area (Å²) in [5.41, 5.74) is 7.72. The van der Waals surface area contributed by atoms with E-state index in [9.17, 15) is 8.42 Å². The lowest BCUT2D eigenvalue weighted by Gasteiger charge is -2.05. The number of hydrogen-bond acceptors (Lipinski definition) is 4. The number of sulfone groups is 1. The second-order valence-corrected chi connectivity index (χ2v) is 5.42. The van der Waals surface area contributed by atoms with Gasteiger partial charge in [0.05, 0.1) is 11.5 Å². The van der Waals surface area contributed by atoms with Crippen LogP contribution in [0.3, 0.4) is 0 Å². The Hall–Kier alpha value is -1.17. The van der Waals surface area contributed by atoms with E-state index in [0.29, 0.717) is 23.6 Å². The number of hydrogen-bond donors (Lipinski definition) is 1. The van der Waals surface area contributed by atoms with Gasteiger partial charge >= 0.3 is 0 Å². The first kappa shape index (κ1) is 11.3. The molecule has 1 aliphatic heterocycles. The van der Waals surface area contributed by atoms with Crippen molar-refractivity contribution in [1.82, 2.24) is 0 Å². The van der Waals surface area contributed by atoms with Gasteiger partial charge in [-0.15, -0.1) is 0 Å². The molecule has 2 rings (SSSR count). The molecule has 2 N–H and O–H groups in total. The predicted octanol–water partition coefficient (Wildman–Crippen LogP) is 0.920. The molecule has 1 heterocycles. The van der Waals surface area contributed by atoms with E-state index in [1.54, 1.807) is 19.2 Å². The van der Waals surface area contributed by atoms with Crippen molar-refractivity contribution in [3.8, 4) is 0 Å². The minimum absolute atomic E-state index is 0.300. The third-order valence-corrected chi connectivity index (χ3v) is 4.08. The normalized spacial score (nSPS) is 17.0. The van der Waals surface area contributed by atoms with Crippen LogP contribution in [0.5, 0.6) is 0 Å². The summed E-state index contributed by atoms with van der Waals surface area (Å²) in [6, 6.07) is 5.25. The van der Waals surface area contributed by atoms with Crippen molar-refractivity contribution >= 4 is 15.4 Å². The van der Waals surface area contributed by atoms with Crippen LogP contribution >= 0.6 is 0 Å². The SMILES string of the molecule is COCC1=CS(=O)(=O)c2cc(CN)ccc21. The van der Waals surface area contributed by atoms with E-state index in [-0.39, 0.29) is 0 Å². The Morgan fingerprint density at radius 1 is 1.38 bits per heavy atom. The van der Waals surface area contributed by atoms with E-state index in [1.807, 2.05) is 6.07 Å². The molecule has 0 amide bonds. The largest absolute Gasteiger partial charge is 0.380 e. The first-order valence-corrected chi connectivity index (χ1v) is 6.41. The van der Waals surface area contributed by atoms with Crippen molar-refractivity contribution in [2.75, 3.05) is 13.7 Å². The minimum Gasteiger partial charge on any atom is -0.380 e. The number of benzene rings is 1. The number of ether oxygens (including phenoxy) is 1. The van der Waals surface area contributed by atoms with Gasteiger partial charge in [0, 0.05) is 19.1 Å². The Kier molecular flexibility index (Phi) is 2.84. The minimum atomic E-state index is -3.31. The molecule has 5 heteroatoms. The van der Waals surface area contributed by atoms with E-state index in [0.717, 1.165) is 11.1 Å². The maximum Gasteiger partial charge on any atom is 0.200 e. The molecule has 0 radical (unpaired) electrons. The number of nitrogens with two attached hydrogens (primary N) is 1. The summed E-state index contributed by atoms with van der Waals surface area (Å²) in [5, 5.41) is 1.27. The summed E-state index contributed by atoms with van der Waals surface area (Å²) in [6.45, 7) is 0.636. The van der Waals surface area contributed by atoms with Crippen molar-refractivity contribution in [3.63, 3.8) is 0 Å². The summed E-state index contributed by atoms with van der Waals surface area (Å²) >= 11 is 0. The molecule has 0 aliphatic carbocycles. The molecule has 0 saturated carbocycles. The van der Waals surface area contributed by atoms with Gasteiger partial charge in [-0.05, 0) is 22.8 Å². The van der Waals surface area contributed by atoms with Gasteiger partial charge in [0.2, 0.25) is 9.84 Å². The van der Waals surface area contributed by atoms with Gasteiger partial charge < -0.3 is 10.5 Å². The van der Waals surface area contributed by atoms with Crippen LogP contribution in [-0.2, 0) is 21.1 Å². The molecule has 0 unspecified atom stereocenters. The molecular formula is C11H13NO3S. The fourth-order valence-corrected chi connectivity index (χ4v) is 3.29. The molecule has 1 aliphatic rings. The van der Waals surface area contributed by atoms with E-state index in [1.165, 1.54) is 5.41 Å². The van der Waals surface area contributed by atoms with E-state index < -0.39 is 9.84 Å². The van der Waals surface area contributed by atoms with Crippen molar-refractivity contribution in [1.29, 1.82) is 0 Å². The fraction of sp³-hybridized carbons (Fsp3) is 0.273. The van der Waals surface area contributed by atoms with Gasteiger partial charge in [0.1, 0.15) is 0 Å². The highest BCUT2D eigenvalue weighted by Crippen LogP contribution is 2.33. The summed E-state index contributed by atoms with van der Waals surface area (Å²) in [6.07, 6.45) is 0. The average Bonchev–Trinajstić information content (AvgIpc) is 2.51. The van der Waals surface area contributed by atoms with Gasteiger partial charge in [-0.1, -0.05) is 12.1 Å². The monoisotopic (exact) mass is 239 g/mol. The van der Waals surface area contributed by atoms with E-state index in [2.05, 4.69) is 0 Å². The fourth-order valence-electron chi connectivity index (χ4n) is 1.78. The predicted molar refractivity (Wildman–Crippen MR) is 61.4 cm³/mol. The first-order chi connectivity index (χ1) is 7.58. The van der Waals surface area contributed by atoms with Crippen LogP contribution in [0.2, 0.25) is 0 Å². The third kappa shape index (κ3) is 1.77. The smallest absolute Gasteiger partial charge is 0.200 e. The molecule has 16 heavy (non-hydrogen) atoms. The lowest BCUT2D eigenvalue weighted by atomic mass is 10.1. The topological polar surface area (TPSA) is 69.4 Å². The highest BCUT2D eigenvalue weighted by atomic mass is 32.2. The second kappa shape index (κ2) is 4.01. The molecule has 86 valence electrons. The second-order valence-electron chi connectivity index (χ2n) is 3.66. The maximum atomic E-state index is 11.8. The van der Waals surface area contributed by atoms with Crippen molar-refractivity contribution in [2.24, 2.45) is 5.73 Å². The van der Waals surface area contributed by atoms with Crippen LogP contribution < -0.4 is 5.73 Å². The van der Waals surface area contributed by atoms with Crippen molar-refractivity contribution in [2.45, 2.75) is 11.4 Å². The standard InChI is InChI=1S/C11H13NO3S/c1-15-6-9-7-16(13,14)11-4-8(5-12)2-3-10(9)11/h2-4,7H,5-6,12H2,1H3. The molecule has 0 bridgehead atoms. The molecule has 0 atom stereocenters. The van der Waals surface area contributed by atoms with E-state index >= 15 is 0 Å². The highest BCUT2D eigenvalue weighted by molar-refractivity contribution is 7.95. The molecule has 0 spiro atoms. The van der Waals surface area contributed by atoms with Gasteiger partial charge in [-0.25, -0.2) is 8.42 Å². The van der Waals surface area contributed by atoms with Crippen LogP contribution in [-0.4, -0.2) is 22.1 Å². The first-order valence-electron chi connectivity index (χ1n) is 4.86. The van der Waals surface area contributed by atoms with Crippen LogP contribution in [0.15, 0.2) is 28.5 Å². The Labute approximate surface area is 94.6 Å². The summed E-state index contributed by atoms with van der Waals surface area (Å²) < 4.78 is 28.6. The molecule has 0 saturated heterocycles. The molecular weight excluding hydrogens is 226 g/mol. The van der Waals surface area contributed by atoms with Crippen LogP contribution in [0, 0.1) is 0 Å². The number of rotatable bonds is 3. The maximum absolute atomic E-state index is 11.8. The molecule has 0 fully saturated rings. The zero-order valence-electron chi connectivity index (χ0n) is 8.93. The Morgan fingerprint density at radius 2 is 2.12 bits per heavy atom. The van der Waals surface area contributed by atoms with Gasteiger partial charge in [-0.3, -0.25) is 0 Å². The van der Waals surface area contributed by atoms with Gasteiger partial charge in [-0.2, -0.15) is 0 Å². The van der Waals surface area contributed by atoms with Crippen LogP contribution in [0.25, 0.3) is 5.57 Å². The number of fused-ring (bicyclic) bond motifs is 1. The quantitative estimate of drug-likeness (QED) is 0.851. The van der Waals surface area contributed by atoms with Crippen molar-refractivity contribution in [3.05, 3.63) is 34.7 Å². The Balaban J connectivity index is 2.57. The lowest BCUT2D eigenvalue weighted by Crippen LogP contribution is -2.00. The zero-order valence-corrected chi connectivity index (χ0v) is 9.75. The zero-order chi connectivity index (χ0) is 11.8. The summed E-state index contributed by atoms with van der Waals surface area (Å²) in [4.78, 5) is 0.336.